The summed E-state index contributed by atoms with van der Waals surface area (Å²) in [6.45, 7) is 3.61. The van der Waals surface area contributed by atoms with Gasteiger partial charge in [-0.2, -0.15) is 13.2 Å². The van der Waals surface area contributed by atoms with Crippen molar-refractivity contribution in [3.05, 3.63) is 0 Å². The van der Waals surface area contributed by atoms with E-state index < -0.39 is 36.6 Å². The molecule has 2 aliphatic rings. The van der Waals surface area contributed by atoms with Crippen LogP contribution in [-0.4, -0.2) is 76.8 Å². The third-order valence-electron chi connectivity index (χ3n) is 3.52. The number of rotatable bonds is 4. The van der Waals surface area contributed by atoms with Crippen LogP contribution in [0.4, 0.5) is 13.2 Å². The minimum atomic E-state index is -5.08. The van der Waals surface area contributed by atoms with E-state index in [9.17, 15) is 27.6 Å². The molecule has 14 heteroatoms. The molecule has 0 radical (unpaired) electrons. The summed E-state index contributed by atoms with van der Waals surface area (Å²) in [4.78, 5) is 44.9. The second-order valence-electron chi connectivity index (χ2n) is 6.00. The molecule has 3 atom stereocenters. The quantitative estimate of drug-likeness (QED) is 0.315. The largest absolute Gasteiger partial charge is 0.490 e. The molecule has 0 saturated carbocycles. The molecule has 154 valence electrons. The van der Waals surface area contributed by atoms with Crippen molar-refractivity contribution < 1.29 is 42.6 Å². The lowest BCUT2D eigenvalue weighted by Gasteiger charge is -2.36. The highest BCUT2D eigenvalue weighted by Crippen LogP contribution is 2.13. The van der Waals surface area contributed by atoms with Gasteiger partial charge in [-0.05, 0) is 0 Å². The fourth-order valence-corrected chi connectivity index (χ4v) is 2.23. The Bertz CT molecular complexity index is 599. The Morgan fingerprint density at radius 3 is 2.30 bits per heavy atom. The number of carbonyl (C=O) groups is 4. The van der Waals surface area contributed by atoms with Crippen LogP contribution in [0.25, 0.3) is 0 Å². The zero-order valence-corrected chi connectivity index (χ0v) is 14.3. The first kappa shape index (κ1) is 22.6. The predicted octanol–water partition coefficient (Wildman–Crippen LogP) is -1.96. The molecule has 11 nitrogen and oxygen atoms in total. The summed E-state index contributed by atoms with van der Waals surface area (Å²) < 4.78 is 31.7. The summed E-state index contributed by atoms with van der Waals surface area (Å²) in [5.41, 5.74) is 0. The molecule has 0 aromatic heterocycles. The Morgan fingerprint density at radius 2 is 1.85 bits per heavy atom. The van der Waals surface area contributed by atoms with Gasteiger partial charge < -0.3 is 20.8 Å². The predicted molar refractivity (Wildman–Crippen MR) is 81.7 cm³/mol. The van der Waals surface area contributed by atoms with Crippen LogP contribution in [-0.2, 0) is 19.2 Å². The van der Waals surface area contributed by atoms with Crippen molar-refractivity contribution in [3.8, 4) is 0 Å². The smallest absolute Gasteiger partial charge is 0.480 e. The Hall–Kier alpha value is -2.45. The number of alkyl halides is 3. The van der Waals surface area contributed by atoms with Crippen molar-refractivity contribution in [1.82, 2.24) is 26.2 Å². The number of halogens is 3. The van der Waals surface area contributed by atoms with Gasteiger partial charge in [0.15, 0.2) is 6.29 Å². The number of nitrogens with one attached hydrogen (secondary N) is 4. The molecule has 0 bridgehead atoms. The number of fused-ring (bicyclic) bond motifs is 1. The maximum atomic E-state index is 11.9. The molecule has 0 spiro atoms. The van der Waals surface area contributed by atoms with Gasteiger partial charge in [0.25, 0.3) is 0 Å². The Balaban J connectivity index is 0.000000445. The monoisotopic (exact) mass is 399 g/mol. The molecule has 2 fully saturated rings. The molecule has 2 saturated heterocycles. The number of carboxylic acid groups (broad SMARTS) is 2. The van der Waals surface area contributed by atoms with Gasteiger partial charge in [-0.3, -0.25) is 29.9 Å². The average molecular weight is 399 g/mol. The van der Waals surface area contributed by atoms with Gasteiger partial charge in [0.2, 0.25) is 11.8 Å². The van der Waals surface area contributed by atoms with Crippen LogP contribution in [0.5, 0.6) is 0 Å². The molecule has 0 aromatic carbocycles. The highest BCUT2D eigenvalue weighted by Gasteiger charge is 2.44. The standard InChI is InChI=1S/C11H19N5O4.C2HF3O2/c1-5(2)9(19)14-11-13-8-7(10(20)15-11)12-4-16(8)3-6(17)18;3-2(4,5)1(6)7/h5,7-8,11-13H,3-4H2,1-2H3,(H,14,19)(H,15,20)(H,17,18);(H,6,7). The minimum absolute atomic E-state index is 0.181. The topological polar surface area (TPSA) is 160 Å². The van der Waals surface area contributed by atoms with Crippen LogP contribution in [0, 0.1) is 5.92 Å². The maximum absolute atomic E-state index is 11.9. The van der Waals surface area contributed by atoms with Gasteiger partial charge in [-0.15, -0.1) is 0 Å². The van der Waals surface area contributed by atoms with E-state index in [0.29, 0.717) is 6.67 Å². The van der Waals surface area contributed by atoms with Crippen LogP contribution in [0.1, 0.15) is 13.8 Å². The second kappa shape index (κ2) is 8.96. The van der Waals surface area contributed by atoms with Gasteiger partial charge in [0.1, 0.15) is 6.04 Å². The van der Waals surface area contributed by atoms with E-state index in [1.165, 1.54) is 0 Å². The molecule has 3 unspecified atom stereocenters. The fourth-order valence-electron chi connectivity index (χ4n) is 2.23. The maximum Gasteiger partial charge on any atom is 0.490 e. The van der Waals surface area contributed by atoms with Gasteiger partial charge in [0.05, 0.1) is 19.4 Å². The van der Waals surface area contributed by atoms with Crippen molar-refractivity contribution in [2.24, 2.45) is 5.92 Å². The summed E-state index contributed by atoms with van der Waals surface area (Å²) in [6, 6.07) is -0.526. The first-order valence-electron chi connectivity index (χ1n) is 7.69. The summed E-state index contributed by atoms with van der Waals surface area (Å²) >= 11 is 0. The van der Waals surface area contributed by atoms with Crippen molar-refractivity contribution in [2.45, 2.75) is 38.5 Å². The lowest BCUT2D eigenvalue weighted by Crippen LogP contribution is -2.71. The molecule has 2 aliphatic heterocycles. The Morgan fingerprint density at radius 1 is 1.30 bits per heavy atom. The molecule has 2 heterocycles. The van der Waals surface area contributed by atoms with Gasteiger partial charge >= 0.3 is 18.1 Å². The van der Waals surface area contributed by atoms with Crippen molar-refractivity contribution in [1.29, 1.82) is 0 Å². The summed E-state index contributed by atoms with van der Waals surface area (Å²) in [5.74, 6) is -4.40. The normalized spacial score (nSPS) is 25.1. The van der Waals surface area contributed by atoms with E-state index in [2.05, 4.69) is 21.3 Å². The third-order valence-corrected chi connectivity index (χ3v) is 3.52. The van der Waals surface area contributed by atoms with Crippen molar-refractivity contribution in [2.75, 3.05) is 13.2 Å². The zero-order valence-electron chi connectivity index (χ0n) is 14.3. The summed E-state index contributed by atoms with van der Waals surface area (Å²) in [7, 11) is 0. The fraction of sp³-hybridized carbons (Fsp3) is 0.692. The van der Waals surface area contributed by atoms with Crippen molar-refractivity contribution in [3.63, 3.8) is 0 Å². The molecule has 0 aliphatic carbocycles. The second-order valence-corrected chi connectivity index (χ2v) is 6.00. The van der Waals surface area contributed by atoms with Crippen molar-refractivity contribution >= 4 is 23.8 Å². The van der Waals surface area contributed by atoms with E-state index in [1.54, 1.807) is 18.7 Å². The Kier molecular flexibility index (Phi) is 7.50. The van der Waals surface area contributed by atoms with Crippen LogP contribution >= 0.6 is 0 Å². The van der Waals surface area contributed by atoms with Crippen LogP contribution in [0.3, 0.4) is 0 Å². The van der Waals surface area contributed by atoms with E-state index in [4.69, 9.17) is 15.0 Å². The Labute approximate surface area is 151 Å². The zero-order chi connectivity index (χ0) is 20.9. The van der Waals surface area contributed by atoms with E-state index in [1.807, 2.05) is 0 Å². The third kappa shape index (κ3) is 6.65. The van der Waals surface area contributed by atoms with E-state index >= 15 is 0 Å². The van der Waals surface area contributed by atoms with E-state index in [-0.39, 0.29) is 24.3 Å². The number of hydrogen-bond acceptors (Lipinski definition) is 7. The van der Waals surface area contributed by atoms with Gasteiger partial charge in [-0.25, -0.2) is 4.79 Å². The molecular weight excluding hydrogens is 379 g/mol. The number of hydrogen-bond donors (Lipinski definition) is 6. The van der Waals surface area contributed by atoms with Gasteiger partial charge in [-0.1, -0.05) is 13.8 Å². The lowest BCUT2D eigenvalue weighted by atomic mass is 10.1. The molecule has 0 aromatic rings. The number of aliphatic carboxylic acids is 2. The van der Waals surface area contributed by atoms with Gasteiger partial charge in [0, 0.05) is 5.92 Å². The molecule has 2 amide bonds. The van der Waals surface area contributed by atoms with E-state index in [0.717, 1.165) is 0 Å². The first-order valence-corrected chi connectivity index (χ1v) is 7.69. The average Bonchev–Trinajstić information content (AvgIpc) is 2.89. The highest BCUT2D eigenvalue weighted by atomic mass is 19.4. The highest BCUT2D eigenvalue weighted by molar-refractivity contribution is 5.85. The number of nitrogens with zero attached hydrogens (tertiary/aromatic N) is 1. The van der Waals surface area contributed by atoms with Crippen LogP contribution in [0.2, 0.25) is 0 Å². The van der Waals surface area contributed by atoms with Crippen LogP contribution < -0.4 is 21.3 Å². The lowest BCUT2D eigenvalue weighted by molar-refractivity contribution is -0.192. The number of carbonyl (C=O) groups excluding carboxylic acids is 2. The summed E-state index contributed by atoms with van der Waals surface area (Å²) in [5, 5.41) is 27.2. The molecular formula is C13H20F3N5O6. The molecule has 6 N–H and O–H groups in total. The minimum Gasteiger partial charge on any atom is -0.480 e. The number of carboxylic acids is 2. The first-order chi connectivity index (χ1) is 12.3. The summed E-state index contributed by atoms with van der Waals surface area (Å²) in [6.07, 6.45) is -6.24. The van der Waals surface area contributed by atoms with Crippen LogP contribution in [0.15, 0.2) is 0 Å². The molecule has 27 heavy (non-hydrogen) atoms. The SMILES string of the molecule is CC(C)C(=O)NC1NC(=O)C2NCN(CC(=O)O)C2N1.O=C(O)C(F)(F)F. The molecule has 2 rings (SSSR count). The number of amides is 2.